The van der Waals surface area contributed by atoms with Gasteiger partial charge in [-0.3, -0.25) is 4.90 Å². The van der Waals surface area contributed by atoms with E-state index in [1.54, 1.807) is 0 Å². The highest BCUT2D eigenvalue weighted by Gasteiger charge is 2.16. The topological polar surface area (TPSA) is 23.5 Å². The van der Waals surface area contributed by atoms with Gasteiger partial charge in [0.2, 0.25) is 0 Å². The summed E-state index contributed by atoms with van der Waals surface area (Å²) in [6.45, 7) is 5.80. The Morgan fingerprint density at radius 3 is 3.16 bits per heavy atom. The van der Waals surface area contributed by atoms with Gasteiger partial charge in [0.15, 0.2) is 0 Å². The first-order valence-electron chi connectivity index (χ1n) is 6.80. The number of benzene rings is 1. The van der Waals surface area contributed by atoms with Crippen molar-refractivity contribution >= 4 is 11.8 Å². The zero-order valence-electron chi connectivity index (χ0n) is 11.4. The summed E-state index contributed by atoms with van der Waals surface area (Å²) < 4.78 is 0. The van der Waals surface area contributed by atoms with Gasteiger partial charge in [0.25, 0.3) is 0 Å². The van der Waals surface area contributed by atoms with Crippen LogP contribution in [0.25, 0.3) is 0 Å². The fourth-order valence-electron chi connectivity index (χ4n) is 2.26. The molecule has 2 rings (SSSR count). The van der Waals surface area contributed by atoms with Crippen LogP contribution in [0.15, 0.2) is 24.3 Å². The number of rotatable bonds is 3. The molecule has 0 spiro atoms. The molecular weight excluding hydrogens is 254 g/mol. The molecule has 0 aromatic heterocycles. The molecule has 1 N–H and O–H groups in total. The minimum atomic E-state index is 0.135. The Kier molecular flexibility index (Phi) is 5.78. The first-order valence-corrected chi connectivity index (χ1v) is 7.85. The van der Waals surface area contributed by atoms with Gasteiger partial charge in [0, 0.05) is 42.6 Å². The lowest BCUT2D eigenvalue weighted by molar-refractivity contribution is 0.278. The standard InChI is InChI=1S/C16H21NOS/c1-14-12-17(8-10-19-14)13-16-7-4-6-15(11-16)5-2-3-9-18/h4,6-7,11,14,18H,3,8-10,12-13H2,1H3. The number of nitrogens with zero attached hydrogens (tertiary/aromatic N) is 1. The van der Waals surface area contributed by atoms with Crippen LogP contribution in [-0.2, 0) is 6.54 Å². The number of hydrogen-bond acceptors (Lipinski definition) is 3. The minimum absolute atomic E-state index is 0.135. The summed E-state index contributed by atoms with van der Waals surface area (Å²) in [5, 5.41) is 9.47. The van der Waals surface area contributed by atoms with E-state index in [9.17, 15) is 0 Å². The molecular formula is C16H21NOS. The van der Waals surface area contributed by atoms with E-state index in [0.717, 1.165) is 17.4 Å². The van der Waals surface area contributed by atoms with Gasteiger partial charge in [0.1, 0.15) is 0 Å². The van der Waals surface area contributed by atoms with Crippen LogP contribution in [0.4, 0.5) is 0 Å². The van der Waals surface area contributed by atoms with Crippen LogP contribution in [0.2, 0.25) is 0 Å². The molecule has 3 heteroatoms. The minimum Gasteiger partial charge on any atom is -0.395 e. The van der Waals surface area contributed by atoms with Crippen molar-refractivity contribution < 1.29 is 5.11 Å². The van der Waals surface area contributed by atoms with Crippen LogP contribution < -0.4 is 0 Å². The third-order valence-corrected chi connectivity index (χ3v) is 4.26. The fourth-order valence-corrected chi connectivity index (χ4v) is 3.34. The van der Waals surface area contributed by atoms with Gasteiger partial charge in [-0.25, -0.2) is 0 Å². The maximum atomic E-state index is 8.73. The molecule has 1 aliphatic rings. The van der Waals surface area contributed by atoms with Gasteiger partial charge >= 0.3 is 0 Å². The van der Waals surface area contributed by atoms with Crippen LogP contribution in [0.5, 0.6) is 0 Å². The normalized spacial score (nSPS) is 19.8. The van der Waals surface area contributed by atoms with E-state index in [-0.39, 0.29) is 6.61 Å². The smallest absolute Gasteiger partial charge is 0.0540 e. The summed E-state index contributed by atoms with van der Waals surface area (Å²) in [5.74, 6) is 7.30. The van der Waals surface area contributed by atoms with Gasteiger partial charge < -0.3 is 5.11 Å². The molecule has 1 heterocycles. The SMILES string of the molecule is CC1CN(Cc2cccc(C#CCCO)c2)CCS1. The highest BCUT2D eigenvalue weighted by molar-refractivity contribution is 7.99. The molecule has 1 unspecified atom stereocenters. The maximum absolute atomic E-state index is 8.73. The van der Waals surface area contributed by atoms with E-state index >= 15 is 0 Å². The number of aliphatic hydroxyl groups is 1. The van der Waals surface area contributed by atoms with Gasteiger partial charge in [-0.15, -0.1) is 0 Å². The van der Waals surface area contributed by atoms with Crippen LogP contribution >= 0.6 is 11.8 Å². The van der Waals surface area contributed by atoms with E-state index in [0.29, 0.717) is 6.42 Å². The molecule has 1 fully saturated rings. The Morgan fingerprint density at radius 2 is 2.37 bits per heavy atom. The first-order chi connectivity index (χ1) is 9.28. The van der Waals surface area contributed by atoms with E-state index < -0.39 is 0 Å². The molecule has 0 aliphatic carbocycles. The summed E-state index contributed by atoms with van der Waals surface area (Å²) in [4.78, 5) is 2.52. The van der Waals surface area contributed by atoms with Crippen LogP contribution in [0, 0.1) is 11.8 Å². The third kappa shape index (κ3) is 4.91. The lowest BCUT2D eigenvalue weighted by atomic mass is 10.1. The van der Waals surface area contributed by atoms with Crippen molar-refractivity contribution in [3.05, 3.63) is 35.4 Å². The van der Waals surface area contributed by atoms with E-state index in [1.165, 1.54) is 24.4 Å². The lowest BCUT2D eigenvalue weighted by Gasteiger charge is -2.30. The number of aliphatic hydroxyl groups excluding tert-OH is 1. The number of thioether (sulfide) groups is 1. The molecule has 0 saturated carbocycles. The molecule has 0 bridgehead atoms. The van der Waals surface area contributed by atoms with Crippen molar-refractivity contribution in [3.63, 3.8) is 0 Å². The fraction of sp³-hybridized carbons (Fsp3) is 0.500. The van der Waals surface area contributed by atoms with E-state index in [4.69, 9.17) is 5.11 Å². The summed E-state index contributed by atoms with van der Waals surface area (Å²) in [6, 6.07) is 8.43. The highest BCUT2D eigenvalue weighted by atomic mass is 32.2. The lowest BCUT2D eigenvalue weighted by Crippen LogP contribution is -2.36. The van der Waals surface area contributed by atoms with E-state index in [2.05, 4.69) is 53.6 Å². The average molecular weight is 275 g/mol. The van der Waals surface area contributed by atoms with Crippen molar-refractivity contribution in [2.45, 2.75) is 25.1 Å². The van der Waals surface area contributed by atoms with Gasteiger partial charge in [-0.2, -0.15) is 11.8 Å². The molecule has 0 radical (unpaired) electrons. The maximum Gasteiger partial charge on any atom is 0.0540 e. The second-order valence-electron chi connectivity index (χ2n) is 4.89. The van der Waals surface area contributed by atoms with Crippen molar-refractivity contribution in [3.8, 4) is 11.8 Å². The van der Waals surface area contributed by atoms with Gasteiger partial charge in [0.05, 0.1) is 6.61 Å². The molecule has 1 saturated heterocycles. The summed E-state index contributed by atoms with van der Waals surface area (Å²) in [7, 11) is 0. The molecule has 19 heavy (non-hydrogen) atoms. The summed E-state index contributed by atoms with van der Waals surface area (Å²) in [5.41, 5.74) is 2.38. The molecule has 1 aromatic rings. The molecule has 2 nitrogen and oxygen atoms in total. The predicted octanol–water partition coefficient (Wildman–Crippen LogP) is 2.36. The van der Waals surface area contributed by atoms with Gasteiger partial charge in [-0.1, -0.05) is 30.9 Å². The molecule has 1 aromatic carbocycles. The molecule has 0 amide bonds. The van der Waals surface area contributed by atoms with Crippen molar-refractivity contribution in [1.82, 2.24) is 4.90 Å². The second kappa shape index (κ2) is 7.59. The van der Waals surface area contributed by atoms with E-state index in [1.807, 2.05) is 6.07 Å². The van der Waals surface area contributed by atoms with Crippen LogP contribution in [0.3, 0.4) is 0 Å². The Hall–Kier alpha value is -0.950. The van der Waals surface area contributed by atoms with Crippen molar-refractivity contribution in [2.24, 2.45) is 0 Å². The Bertz CT molecular complexity index is 463. The van der Waals surface area contributed by atoms with Crippen LogP contribution in [0.1, 0.15) is 24.5 Å². The first kappa shape index (κ1) is 14.5. The average Bonchev–Trinajstić information content (AvgIpc) is 2.39. The van der Waals surface area contributed by atoms with Gasteiger partial charge in [-0.05, 0) is 17.7 Å². The Balaban J connectivity index is 1.97. The summed E-state index contributed by atoms with van der Waals surface area (Å²) in [6.07, 6.45) is 0.547. The molecule has 1 atom stereocenters. The Morgan fingerprint density at radius 1 is 1.47 bits per heavy atom. The second-order valence-corrected chi connectivity index (χ2v) is 6.44. The Labute approximate surface area is 120 Å². The van der Waals surface area contributed by atoms with Crippen molar-refractivity contribution in [2.75, 3.05) is 25.4 Å². The summed E-state index contributed by atoms with van der Waals surface area (Å²) >= 11 is 2.06. The number of hydrogen-bond donors (Lipinski definition) is 1. The van der Waals surface area contributed by atoms with Crippen molar-refractivity contribution in [1.29, 1.82) is 0 Å². The molecule has 1 aliphatic heterocycles. The zero-order chi connectivity index (χ0) is 13.5. The zero-order valence-corrected chi connectivity index (χ0v) is 12.2. The van der Waals surface area contributed by atoms with Crippen LogP contribution in [-0.4, -0.2) is 40.7 Å². The largest absolute Gasteiger partial charge is 0.395 e. The molecule has 102 valence electrons. The third-order valence-electron chi connectivity index (χ3n) is 3.13. The predicted molar refractivity (Wildman–Crippen MR) is 82.2 cm³/mol. The quantitative estimate of drug-likeness (QED) is 0.857. The highest BCUT2D eigenvalue weighted by Crippen LogP contribution is 2.19. The monoisotopic (exact) mass is 275 g/mol.